The summed E-state index contributed by atoms with van der Waals surface area (Å²) in [5, 5.41) is 6.25. The van der Waals surface area contributed by atoms with Crippen LogP contribution in [0.15, 0.2) is 66.7 Å². The SMILES string of the molecule is COC(=O)c1ccc(N2CCOCC2CN[C@H](C)c2cccc3ccccc23)cc1. The Bertz CT molecular complexity index is 997. The highest BCUT2D eigenvalue weighted by atomic mass is 16.5. The largest absolute Gasteiger partial charge is 0.465 e. The molecule has 3 aromatic carbocycles. The van der Waals surface area contributed by atoms with E-state index in [1.165, 1.54) is 23.4 Å². The number of hydrogen-bond donors (Lipinski definition) is 1. The number of esters is 1. The van der Waals surface area contributed by atoms with E-state index in [-0.39, 0.29) is 18.1 Å². The number of fused-ring (bicyclic) bond motifs is 1. The van der Waals surface area contributed by atoms with Crippen LogP contribution >= 0.6 is 0 Å². The van der Waals surface area contributed by atoms with Gasteiger partial charge in [-0.1, -0.05) is 42.5 Å². The zero-order valence-corrected chi connectivity index (χ0v) is 17.5. The van der Waals surface area contributed by atoms with E-state index in [0.29, 0.717) is 18.8 Å². The van der Waals surface area contributed by atoms with Crippen molar-refractivity contribution in [2.45, 2.75) is 19.0 Å². The van der Waals surface area contributed by atoms with E-state index in [9.17, 15) is 4.79 Å². The Morgan fingerprint density at radius 1 is 1.13 bits per heavy atom. The summed E-state index contributed by atoms with van der Waals surface area (Å²) in [4.78, 5) is 14.1. The Hall–Kier alpha value is -2.89. The van der Waals surface area contributed by atoms with Gasteiger partial charge in [0.25, 0.3) is 0 Å². The number of nitrogens with one attached hydrogen (secondary N) is 1. The van der Waals surface area contributed by atoms with Crippen LogP contribution in [0.5, 0.6) is 0 Å². The van der Waals surface area contributed by atoms with Crippen LogP contribution in [-0.2, 0) is 9.47 Å². The molecule has 5 heteroatoms. The smallest absolute Gasteiger partial charge is 0.337 e. The van der Waals surface area contributed by atoms with Crippen molar-refractivity contribution in [2.75, 3.05) is 38.3 Å². The number of morpholine rings is 1. The minimum absolute atomic E-state index is 0.222. The van der Waals surface area contributed by atoms with E-state index in [1.807, 2.05) is 24.3 Å². The van der Waals surface area contributed by atoms with Crippen LogP contribution in [0.3, 0.4) is 0 Å². The lowest BCUT2D eigenvalue weighted by Gasteiger charge is -2.38. The lowest BCUT2D eigenvalue weighted by Crippen LogP contribution is -2.50. The molecule has 1 aliphatic rings. The fourth-order valence-corrected chi connectivity index (χ4v) is 4.12. The van der Waals surface area contributed by atoms with Crippen molar-refractivity contribution in [1.82, 2.24) is 5.32 Å². The first-order chi connectivity index (χ1) is 14.7. The van der Waals surface area contributed by atoms with Crippen LogP contribution in [0, 0.1) is 0 Å². The number of rotatable bonds is 6. The van der Waals surface area contributed by atoms with Gasteiger partial charge in [-0.3, -0.25) is 0 Å². The number of hydrogen-bond acceptors (Lipinski definition) is 5. The van der Waals surface area contributed by atoms with Gasteiger partial charge < -0.3 is 19.7 Å². The average Bonchev–Trinajstić information content (AvgIpc) is 2.82. The van der Waals surface area contributed by atoms with Crippen LogP contribution in [0.2, 0.25) is 0 Å². The van der Waals surface area contributed by atoms with Crippen molar-refractivity contribution in [1.29, 1.82) is 0 Å². The number of benzene rings is 3. The first-order valence-electron chi connectivity index (χ1n) is 10.4. The third kappa shape index (κ3) is 4.32. The average molecular weight is 405 g/mol. The van der Waals surface area contributed by atoms with Crippen LogP contribution in [0.25, 0.3) is 10.8 Å². The maximum Gasteiger partial charge on any atom is 0.337 e. The Kier molecular flexibility index (Phi) is 6.31. The van der Waals surface area contributed by atoms with Gasteiger partial charge in [-0.2, -0.15) is 0 Å². The van der Waals surface area contributed by atoms with E-state index in [2.05, 4.69) is 59.6 Å². The molecule has 1 N–H and O–H groups in total. The number of methoxy groups -OCH3 is 1. The monoisotopic (exact) mass is 404 g/mol. The number of nitrogens with zero attached hydrogens (tertiary/aromatic N) is 1. The molecule has 0 radical (unpaired) electrons. The third-order valence-corrected chi connectivity index (χ3v) is 5.80. The summed E-state index contributed by atoms with van der Waals surface area (Å²) in [6, 6.07) is 23.0. The summed E-state index contributed by atoms with van der Waals surface area (Å²) < 4.78 is 10.6. The summed E-state index contributed by atoms with van der Waals surface area (Å²) >= 11 is 0. The highest BCUT2D eigenvalue weighted by Gasteiger charge is 2.24. The maximum atomic E-state index is 11.7. The summed E-state index contributed by atoms with van der Waals surface area (Å²) in [5.74, 6) is -0.314. The Morgan fingerprint density at radius 3 is 2.70 bits per heavy atom. The van der Waals surface area contributed by atoms with Crippen LogP contribution < -0.4 is 10.2 Å². The van der Waals surface area contributed by atoms with Gasteiger partial charge in [0, 0.05) is 24.8 Å². The van der Waals surface area contributed by atoms with Gasteiger partial charge in [0.2, 0.25) is 0 Å². The zero-order chi connectivity index (χ0) is 20.9. The van der Waals surface area contributed by atoms with Crippen molar-refractivity contribution in [3.05, 3.63) is 77.9 Å². The van der Waals surface area contributed by atoms with Crippen molar-refractivity contribution in [3.63, 3.8) is 0 Å². The highest BCUT2D eigenvalue weighted by Crippen LogP contribution is 2.25. The van der Waals surface area contributed by atoms with Gasteiger partial charge in [0.15, 0.2) is 0 Å². The van der Waals surface area contributed by atoms with Gasteiger partial charge in [0.05, 0.1) is 31.9 Å². The first kappa shape index (κ1) is 20.4. The van der Waals surface area contributed by atoms with Crippen molar-refractivity contribution < 1.29 is 14.3 Å². The normalized spacial score (nSPS) is 17.7. The van der Waals surface area contributed by atoms with Crippen molar-refractivity contribution in [2.24, 2.45) is 0 Å². The minimum atomic E-state index is -0.314. The second-order valence-electron chi connectivity index (χ2n) is 7.66. The van der Waals surface area contributed by atoms with E-state index in [1.54, 1.807) is 0 Å². The third-order valence-electron chi connectivity index (χ3n) is 5.80. The zero-order valence-electron chi connectivity index (χ0n) is 17.5. The van der Waals surface area contributed by atoms with Gasteiger partial charge in [-0.25, -0.2) is 4.79 Å². The molecular formula is C25H28N2O3. The standard InChI is InChI=1S/C25H28N2O3/c1-18(23-9-5-7-19-6-3-4-8-24(19)23)26-16-22-17-30-15-14-27(22)21-12-10-20(11-13-21)25(28)29-2/h3-13,18,22,26H,14-17H2,1-2H3/t18-,22?/m1/s1. The number of carbonyl (C=O) groups is 1. The fourth-order valence-electron chi connectivity index (χ4n) is 4.12. The van der Waals surface area contributed by atoms with Gasteiger partial charge in [-0.15, -0.1) is 0 Å². The summed E-state index contributed by atoms with van der Waals surface area (Å²) in [5.41, 5.74) is 2.96. The Balaban J connectivity index is 1.46. The number of carbonyl (C=O) groups excluding carboxylic acids is 1. The molecule has 1 unspecified atom stereocenters. The Morgan fingerprint density at radius 2 is 1.90 bits per heavy atom. The molecule has 2 atom stereocenters. The maximum absolute atomic E-state index is 11.7. The van der Waals surface area contributed by atoms with Gasteiger partial charge >= 0.3 is 5.97 Å². The molecule has 1 aliphatic heterocycles. The molecule has 0 aromatic heterocycles. The minimum Gasteiger partial charge on any atom is -0.465 e. The number of anilines is 1. The van der Waals surface area contributed by atoms with Crippen LogP contribution in [0.1, 0.15) is 28.9 Å². The molecule has 0 spiro atoms. The highest BCUT2D eigenvalue weighted by molar-refractivity contribution is 5.89. The van der Waals surface area contributed by atoms with Crippen LogP contribution in [0.4, 0.5) is 5.69 Å². The van der Waals surface area contributed by atoms with Crippen molar-refractivity contribution in [3.8, 4) is 0 Å². The second-order valence-corrected chi connectivity index (χ2v) is 7.66. The predicted molar refractivity (Wildman–Crippen MR) is 120 cm³/mol. The molecule has 1 heterocycles. The summed E-state index contributed by atoms with van der Waals surface area (Å²) in [6.45, 7) is 5.22. The van der Waals surface area contributed by atoms with Crippen LogP contribution in [-0.4, -0.2) is 45.4 Å². The molecule has 30 heavy (non-hydrogen) atoms. The lowest BCUT2D eigenvalue weighted by molar-refractivity contribution is 0.0600. The van der Waals surface area contributed by atoms with Gasteiger partial charge in [0.1, 0.15) is 0 Å². The molecule has 0 aliphatic carbocycles. The summed E-state index contributed by atoms with van der Waals surface area (Å²) in [6.07, 6.45) is 0. The fraction of sp³-hybridized carbons (Fsp3) is 0.320. The molecule has 0 bridgehead atoms. The van der Waals surface area contributed by atoms with E-state index in [0.717, 1.165) is 18.8 Å². The molecule has 5 nitrogen and oxygen atoms in total. The molecule has 1 saturated heterocycles. The summed E-state index contributed by atoms with van der Waals surface area (Å²) in [7, 11) is 1.40. The molecular weight excluding hydrogens is 376 g/mol. The quantitative estimate of drug-likeness (QED) is 0.625. The number of ether oxygens (including phenoxy) is 2. The molecule has 1 fully saturated rings. The van der Waals surface area contributed by atoms with Crippen molar-refractivity contribution >= 4 is 22.4 Å². The predicted octanol–water partition coefficient (Wildman–Crippen LogP) is 4.18. The first-order valence-corrected chi connectivity index (χ1v) is 10.4. The molecule has 3 aromatic rings. The van der Waals surface area contributed by atoms with E-state index in [4.69, 9.17) is 9.47 Å². The molecule has 156 valence electrons. The topological polar surface area (TPSA) is 50.8 Å². The van der Waals surface area contributed by atoms with E-state index >= 15 is 0 Å². The van der Waals surface area contributed by atoms with E-state index < -0.39 is 0 Å². The molecule has 4 rings (SSSR count). The second kappa shape index (κ2) is 9.28. The molecule has 0 amide bonds. The van der Waals surface area contributed by atoms with Gasteiger partial charge in [-0.05, 0) is 47.5 Å². The Labute approximate surface area is 177 Å². The lowest BCUT2D eigenvalue weighted by atomic mass is 9.99. The molecule has 0 saturated carbocycles.